The highest BCUT2D eigenvalue weighted by Gasteiger charge is 2.01. The van der Waals surface area contributed by atoms with Crippen LogP contribution in [0.25, 0.3) is 0 Å². The van der Waals surface area contributed by atoms with E-state index in [-0.39, 0.29) is 0 Å². The lowest BCUT2D eigenvalue weighted by Gasteiger charge is -2.11. The average Bonchev–Trinajstić information content (AvgIpc) is 2.50. The fourth-order valence-electron chi connectivity index (χ4n) is 1.90. The molecule has 114 valence electrons. The SMILES string of the molecule is NC(=O)c1ccc(NC(=S)NCCc2ccc(N)cc2)cc1. The Morgan fingerprint density at radius 3 is 2.27 bits per heavy atom. The molecule has 5 nitrogen and oxygen atoms in total. The van der Waals surface area contributed by atoms with Crippen LogP contribution in [0.4, 0.5) is 11.4 Å². The summed E-state index contributed by atoms with van der Waals surface area (Å²) < 4.78 is 0. The maximum absolute atomic E-state index is 11.0. The molecule has 2 aromatic carbocycles. The van der Waals surface area contributed by atoms with Gasteiger partial charge in [-0.2, -0.15) is 0 Å². The smallest absolute Gasteiger partial charge is 0.248 e. The summed E-state index contributed by atoms with van der Waals surface area (Å²) in [6, 6.07) is 14.6. The highest BCUT2D eigenvalue weighted by atomic mass is 32.1. The van der Waals surface area contributed by atoms with Crippen molar-refractivity contribution in [1.29, 1.82) is 0 Å². The molecule has 2 rings (SSSR count). The summed E-state index contributed by atoms with van der Waals surface area (Å²) in [5.74, 6) is -0.448. The standard InChI is InChI=1S/C16H18N4OS/c17-13-5-1-11(2-6-13)9-10-19-16(22)20-14-7-3-12(4-8-14)15(18)21/h1-8H,9-10,17H2,(H2,18,21)(H2,19,20,22). The molecule has 6 N–H and O–H groups in total. The Balaban J connectivity index is 1.77. The number of nitrogen functional groups attached to an aromatic ring is 1. The van der Waals surface area contributed by atoms with Crippen LogP contribution in [0.2, 0.25) is 0 Å². The van der Waals surface area contributed by atoms with E-state index < -0.39 is 5.91 Å². The second-order valence-corrected chi connectivity index (χ2v) is 5.22. The highest BCUT2D eigenvalue weighted by molar-refractivity contribution is 7.80. The number of nitrogens with two attached hydrogens (primary N) is 2. The minimum Gasteiger partial charge on any atom is -0.399 e. The van der Waals surface area contributed by atoms with Gasteiger partial charge in [0.2, 0.25) is 5.91 Å². The molecule has 6 heteroatoms. The monoisotopic (exact) mass is 314 g/mol. The van der Waals surface area contributed by atoms with Gasteiger partial charge in [-0.1, -0.05) is 12.1 Å². The molecule has 2 aromatic rings. The maximum atomic E-state index is 11.0. The van der Waals surface area contributed by atoms with E-state index in [1.54, 1.807) is 24.3 Å². The number of hydrogen-bond donors (Lipinski definition) is 4. The number of amides is 1. The van der Waals surface area contributed by atoms with E-state index in [2.05, 4.69) is 10.6 Å². The number of nitrogens with one attached hydrogen (secondary N) is 2. The number of rotatable bonds is 5. The molecule has 0 fully saturated rings. The molecule has 0 unspecified atom stereocenters. The molecule has 0 heterocycles. The quantitative estimate of drug-likeness (QED) is 0.499. The topological polar surface area (TPSA) is 93.2 Å². The van der Waals surface area contributed by atoms with Gasteiger partial charge in [-0.15, -0.1) is 0 Å². The Morgan fingerprint density at radius 2 is 1.68 bits per heavy atom. The van der Waals surface area contributed by atoms with E-state index in [0.29, 0.717) is 10.7 Å². The van der Waals surface area contributed by atoms with E-state index in [1.165, 1.54) is 5.56 Å². The molecular formula is C16H18N4OS. The summed E-state index contributed by atoms with van der Waals surface area (Å²) in [6.07, 6.45) is 0.850. The second kappa shape index (κ2) is 7.42. The van der Waals surface area contributed by atoms with Crippen LogP contribution in [0.5, 0.6) is 0 Å². The van der Waals surface area contributed by atoms with Crippen molar-refractivity contribution in [3.8, 4) is 0 Å². The van der Waals surface area contributed by atoms with Crippen molar-refractivity contribution in [2.75, 3.05) is 17.6 Å². The number of carbonyl (C=O) groups is 1. The fourth-order valence-corrected chi connectivity index (χ4v) is 2.12. The molecule has 0 aliphatic heterocycles. The number of benzene rings is 2. The molecule has 0 bridgehead atoms. The van der Waals surface area contributed by atoms with Crippen molar-refractivity contribution in [3.63, 3.8) is 0 Å². The minimum atomic E-state index is -0.448. The molecule has 0 aliphatic carbocycles. The first kappa shape index (κ1) is 15.8. The Morgan fingerprint density at radius 1 is 1.05 bits per heavy atom. The van der Waals surface area contributed by atoms with Gasteiger partial charge in [-0.3, -0.25) is 4.79 Å². The number of carbonyl (C=O) groups excluding carboxylic acids is 1. The van der Waals surface area contributed by atoms with Gasteiger partial charge in [0.15, 0.2) is 5.11 Å². The normalized spacial score (nSPS) is 10.0. The molecule has 1 amide bonds. The van der Waals surface area contributed by atoms with Gasteiger partial charge in [0.1, 0.15) is 0 Å². The summed E-state index contributed by atoms with van der Waals surface area (Å²) >= 11 is 5.22. The summed E-state index contributed by atoms with van der Waals surface area (Å²) in [5.41, 5.74) is 14.0. The average molecular weight is 314 g/mol. The fraction of sp³-hybridized carbons (Fsp3) is 0.125. The lowest BCUT2D eigenvalue weighted by Crippen LogP contribution is -2.30. The molecule has 0 saturated heterocycles. The van der Waals surface area contributed by atoms with Crippen LogP contribution in [-0.2, 0) is 6.42 Å². The summed E-state index contributed by atoms with van der Waals surface area (Å²) in [4.78, 5) is 11.0. The maximum Gasteiger partial charge on any atom is 0.248 e. The van der Waals surface area contributed by atoms with Crippen molar-refractivity contribution in [2.24, 2.45) is 5.73 Å². The molecular weight excluding hydrogens is 296 g/mol. The molecule has 0 aliphatic rings. The number of hydrogen-bond acceptors (Lipinski definition) is 3. The number of anilines is 2. The number of thiocarbonyl (C=S) groups is 1. The van der Waals surface area contributed by atoms with Gasteiger partial charge in [0.05, 0.1) is 0 Å². The highest BCUT2D eigenvalue weighted by Crippen LogP contribution is 2.09. The molecule has 22 heavy (non-hydrogen) atoms. The van der Waals surface area contributed by atoms with Gasteiger partial charge in [0, 0.05) is 23.5 Å². The van der Waals surface area contributed by atoms with Gasteiger partial charge < -0.3 is 22.1 Å². The predicted molar refractivity (Wildman–Crippen MR) is 93.7 cm³/mol. The number of primary amides is 1. The third-order valence-electron chi connectivity index (χ3n) is 3.11. The minimum absolute atomic E-state index is 0.448. The van der Waals surface area contributed by atoms with Gasteiger partial charge >= 0.3 is 0 Å². The lowest BCUT2D eigenvalue weighted by molar-refractivity contribution is 0.100. The largest absolute Gasteiger partial charge is 0.399 e. The first-order valence-electron chi connectivity index (χ1n) is 6.84. The third kappa shape index (κ3) is 4.75. The molecule has 0 spiro atoms. The summed E-state index contributed by atoms with van der Waals surface area (Å²) in [6.45, 7) is 0.717. The Bertz CT molecular complexity index is 653. The van der Waals surface area contributed by atoms with Crippen LogP contribution in [0.1, 0.15) is 15.9 Å². The van der Waals surface area contributed by atoms with Gasteiger partial charge in [-0.05, 0) is 60.6 Å². The van der Waals surface area contributed by atoms with Crippen molar-refractivity contribution < 1.29 is 4.79 Å². The zero-order chi connectivity index (χ0) is 15.9. The second-order valence-electron chi connectivity index (χ2n) is 4.81. The zero-order valence-corrected chi connectivity index (χ0v) is 12.8. The van der Waals surface area contributed by atoms with E-state index in [0.717, 1.165) is 24.3 Å². The van der Waals surface area contributed by atoms with Crippen LogP contribution in [0, 0.1) is 0 Å². The first-order chi connectivity index (χ1) is 10.5. The van der Waals surface area contributed by atoms with Crippen molar-refractivity contribution in [2.45, 2.75) is 6.42 Å². The van der Waals surface area contributed by atoms with E-state index in [1.807, 2.05) is 24.3 Å². The van der Waals surface area contributed by atoms with Crippen LogP contribution in [0.15, 0.2) is 48.5 Å². The summed E-state index contributed by atoms with van der Waals surface area (Å²) in [7, 11) is 0. The Hall–Kier alpha value is -2.60. The van der Waals surface area contributed by atoms with Crippen molar-refractivity contribution in [3.05, 3.63) is 59.7 Å². The van der Waals surface area contributed by atoms with E-state index in [9.17, 15) is 4.79 Å². The Kier molecular flexibility index (Phi) is 5.32. The molecule has 0 saturated carbocycles. The third-order valence-corrected chi connectivity index (χ3v) is 3.35. The zero-order valence-electron chi connectivity index (χ0n) is 12.0. The predicted octanol–water partition coefficient (Wildman–Crippen LogP) is 1.90. The van der Waals surface area contributed by atoms with Crippen LogP contribution in [-0.4, -0.2) is 17.6 Å². The van der Waals surface area contributed by atoms with Crippen LogP contribution in [0.3, 0.4) is 0 Å². The first-order valence-corrected chi connectivity index (χ1v) is 7.24. The molecule has 0 aromatic heterocycles. The Labute approximate surface area is 134 Å². The van der Waals surface area contributed by atoms with Crippen LogP contribution < -0.4 is 22.1 Å². The summed E-state index contributed by atoms with van der Waals surface area (Å²) in [5, 5.41) is 6.71. The van der Waals surface area contributed by atoms with Crippen LogP contribution >= 0.6 is 12.2 Å². The molecule has 0 radical (unpaired) electrons. The van der Waals surface area contributed by atoms with Crippen molar-refractivity contribution in [1.82, 2.24) is 5.32 Å². The van der Waals surface area contributed by atoms with E-state index in [4.69, 9.17) is 23.7 Å². The van der Waals surface area contributed by atoms with Crippen molar-refractivity contribution >= 4 is 34.6 Å². The van der Waals surface area contributed by atoms with E-state index >= 15 is 0 Å². The van der Waals surface area contributed by atoms with Gasteiger partial charge in [0.25, 0.3) is 0 Å². The lowest BCUT2D eigenvalue weighted by atomic mass is 10.1. The molecule has 0 atom stereocenters. The van der Waals surface area contributed by atoms with Gasteiger partial charge in [-0.25, -0.2) is 0 Å².